The Hall–Kier alpha value is -2.70. The Bertz CT molecular complexity index is 668. The number of carbonyl (C=O) groups is 1. The quantitative estimate of drug-likeness (QED) is 0.315. The van der Waals surface area contributed by atoms with Crippen LogP contribution < -0.4 is 4.74 Å². The van der Waals surface area contributed by atoms with Gasteiger partial charge in [-0.05, 0) is 12.1 Å². The first kappa shape index (κ1) is 19.3. The maximum atomic E-state index is 13.0. The molecule has 0 saturated heterocycles. The van der Waals surface area contributed by atoms with Crippen molar-refractivity contribution >= 4 is 11.9 Å². The third kappa shape index (κ3) is 4.65. The van der Waals surface area contributed by atoms with Crippen molar-refractivity contribution in [3.63, 3.8) is 0 Å². The number of allylic oxidation sites excluding steroid dienone is 2. The molecule has 1 heterocycles. The number of aromatic nitrogens is 1. The summed E-state index contributed by atoms with van der Waals surface area (Å²) in [5.74, 6) is 0.501. The molecule has 1 aromatic rings. The van der Waals surface area contributed by atoms with Gasteiger partial charge in [0.1, 0.15) is 23.5 Å². The van der Waals surface area contributed by atoms with Crippen LogP contribution in [-0.4, -0.2) is 44.5 Å². The number of carbonyl (C=O) groups excluding carboxylic acids is 1. The minimum absolute atomic E-state index is 0.215. The van der Waals surface area contributed by atoms with Crippen LogP contribution in [0.25, 0.3) is 5.57 Å². The van der Waals surface area contributed by atoms with Crippen molar-refractivity contribution in [2.24, 2.45) is 0 Å². The smallest absolute Gasteiger partial charge is 0.280 e. The van der Waals surface area contributed by atoms with Gasteiger partial charge in [-0.25, -0.2) is 8.78 Å². The number of alkyl halides is 2. The van der Waals surface area contributed by atoms with Crippen LogP contribution in [0.4, 0.5) is 8.78 Å². The molecular weight excluding hydrogens is 318 g/mol. The van der Waals surface area contributed by atoms with Gasteiger partial charge in [0, 0.05) is 37.0 Å². The summed E-state index contributed by atoms with van der Waals surface area (Å²) >= 11 is 0. The summed E-state index contributed by atoms with van der Waals surface area (Å²) in [5, 5.41) is 0. The SMILES string of the molecule is C=C(OC)C(=C/C=O)/C(=C\N(C)C)c1cc(C(F)F)ncc1OC. The van der Waals surface area contributed by atoms with Crippen LogP contribution in [0.15, 0.2) is 42.5 Å². The molecule has 5 nitrogen and oxygen atoms in total. The fourth-order valence-corrected chi connectivity index (χ4v) is 2.00. The second-order valence-corrected chi connectivity index (χ2v) is 4.96. The fraction of sp³-hybridized carbons (Fsp3) is 0.294. The van der Waals surface area contributed by atoms with E-state index >= 15 is 0 Å². The van der Waals surface area contributed by atoms with Gasteiger partial charge in [-0.1, -0.05) is 6.58 Å². The first-order chi connectivity index (χ1) is 11.3. The number of hydrogen-bond donors (Lipinski definition) is 0. The second-order valence-electron chi connectivity index (χ2n) is 4.96. The Kier molecular flexibility index (Phi) is 7.10. The molecule has 0 aliphatic carbocycles. The highest BCUT2D eigenvalue weighted by atomic mass is 19.3. The van der Waals surface area contributed by atoms with Crippen LogP contribution in [0.5, 0.6) is 5.75 Å². The van der Waals surface area contributed by atoms with E-state index in [4.69, 9.17) is 9.47 Å². The molecule has 0 aromatic carbocycles. The molecule has 0 unspecified atom stereocenters. The molecule has 0 amide bonds. The largest absolute Gasteiger partial charge is 0.497 e. The molecule has 0 radical (unpaired) electrons. The molecule has 0 bridgehead atoms. The van der Waals surface area contributed by atoms with Gasteiger partial charge in [-0.15, -0.1) is 0 Å². The molecule has 1 aromatic heterocycles. The van der Waals surface area contributed by atoms with Crippen LogP contribution in [0, 0.1) is 0 Å². The van der Waals surface area contributed by atoms with Crippen molar-refractivity contribution < 1.29 is 23.0 Å². The number of hydrogen-bond acceptors (Lipinski definition) is 5. The van der Waals surface area contributed by atoms with E-state index in [1.165, 1.54) is 32.6 Å². The molecule has 1 rings (SSSR count). The van der Waals surface area contributed by atoms with Gasteiger partial charge in [0.25, 0.3) is 6.43 Å². The molecule has 0 atom stereocenters. The molecule has 24 heavy (non-hydrogen) atoms. The molecule has 0 fully saturated rings. The molecule has 0 aliphatic rings. The van der Waals surface area contributed by atoms with Gasteiger partial charge >= 0.3 is 0 Å². The van der Waals surface area contributed by atoms with Crippen LogP contribution in [-0.2, 0) is 9.53 Å². The Morgan fingerprint density at radius 1 is 1.38 bits per heavy atom. The average molecular weight is 338 g/mol. The minimum Gasteiger partial charge on any atom is -0.497 e. The van der Waals surface area contributed by atoms with Crippen molar-refractivity contribution in [2.75, 3.05) is 28.3 Å². The van der Waals surface area contributed by atoms with Gasteiger partial charge in [0.05, 0.1) is 20.4 Å². The Labute approximate surface area is 139 Å². The zero-order valence-corrected chi connectivity index (χ0v) is 14.0. The lowest BCUT2D eigenvalue weighted by molar-refractivity contribution is -0.104. The maximum Gasteiger partial charge on any atom is 0.280 e. The van der Waals surface area contributed by atoms with Crippen molar-refractivity contribution in [1.82, 2.24) is 9.88 Å². The first-order valence-electron chi connectivity index (χ1n) is 6.95. The van der Waals surface area contributed by atoms with E-state index in [0.717, 1.165) is 0 Å². The summed E-state index contributed by atoms with van der Waals surface area (Å²) in [6.07, 6.45) is 1.97. The first-order valence-corrected chi connectivity index (χ1v) is 6.95. The van der Waals surface area contributed by atoms with E-state index in [0.29, 0.717) is 23.0 Å². The number of halogens is 2. The van der Waals surface area contributed by atoms with E-state index < -0.39 is 12.1 Å². The van der Waals surface area contributed by atoms with Crippen LogP contribution in [0.3, 0.4) is 0 Å². The normalized spacial score (nSPS) is 12.1. The van der Waals surface area contributed by atoms with E-state index in [-0.39, 0.29) is 11.5 Å². The minimum atomic E-state index is -2.74. The van der Waals surface area contributed by atoms with Gasteiger partial charge in [-0.3, -0.25) is 9.78 Å². The summed E-state index contributed by atoms with van der Waals surface area (Å²) in [4.78, 5) is 16.4. The van der Waals surface area contributed by atoms with E-state index in [2.05, 4.69) is 11.6 Å². The molecule has 7 heteroatoms. The van der Waals surface area contributed by atoms with E-state index in [9.17, 15) is 13.6 Å². The highest BCUT2D eigenvalue weighted by Gasteiger charge is 2.20. The predicted octanol–water partition coefficient (Wildman–Crippen LogP) is 3.22. The molecule has 0 aliphatic heterocycles. The average Bonchev–Trinajstić information content (AvgIpc) is 2.56. The monoisotopic (exact) mass is 338 g/mol. The van der Waals surface area contributed by atoms with Gasteiger partial charge in [-0.2, -0.15) is 0 Å². The number of rotatable bonds is 8. The Morgan fingerprint density at radius 2 is 2.04 bits per heavy atom. The predicted molar refractivity (Wildman–Crippen MR) is 87.7 cm³/mol. The summed E-state index contributed by atoms with van der Waals surface area (Å²) in [5.41, 5.74) is 0.748. The van der Waals surface area contributed by atoms with E-state index in [1.54, 1.807) is 25.2 Å². The lowest BCUT2D eigenvalue weighted by Crippen LogP contribution is -2.07. The summed E-state index contributed by atoms with van der Waals surface area (Å²) in [6.45, 7) is 3.75. The molecule has 0 saturated carbocycles. The number of aldehydes is 1. The second kappa shape index (κ2) is 8.81. The van der Waals surface area contributed by atoms with Gasteiger partial charge in [0.15, 0.2) is 0 Å². The van der Waals surface area contributed by atoms with Crippen LogP contribution >= 0.6 is 0 Å². The molecule has 0 spiro atoms. The number of ether oxygens (including phenoxy) is 2. The molecular formula is C17H20F2N2O3. The van der Waals surface area contributed by atoms with Gasteiger partial charge in [0.2, 0.25) is 0 Å². The van der Waals surface area contributed by atoms with Crippen molar-refractivity contribution in [3.8, 4) is 5.75 Å². The lowest BCUT2D eigenvalue weighted by Gasteiger charge is -2.19. The summed E-state index contributed by atoms with van der Waals surface area (Å²) in [6, 6.07) is 1.22. The Balaban J connectivity index is 3.68. The molecule has 0 N–H and O–H groups in total. The molecule has 130 valence electrons. The van der Waals surface area contributed by atoms with Gasteiger partial charge < -0.3 is 14.4 Å². The summed E-state index contributed by atoms with van der Waals surface area (Å²) < 4.78 is 36.4. The number of nitrogens with zero attached hydrogens (tertiary/aromatic N) is 2. The van der Waals surface area contributed by atoms with E-state index in [1.807, 2.05) is 0 Å². The highest BCUT2D eigenvalue weighted by molar-refractivity contribution is 5.89. The lowest BCUT2D eigenvalue weighted by atomic mass is 9.96. The topological polar surface area (TPSA) is 51.7 Å². The van der Waals surface area contributed by atoms with Crippen LogP contribution in [0.2, 0.25) is 0 Å². The summed E-state index contributed by atoms with van der Waals surface area (Å²) in [7, 11) is 6.33. The zero-order chi connectivity index (χ0) is 18.3. The third-order valence-electron chi connectivity index (χ3n) is 3.08. The Morgan fingerprint density at radius 3 is 2.50 bits per heavy atom. The standard InChI is InChI=1S/C17H20F2N2O3/c1-11(23-4)12(6-7-22)14(10-21(2)3)13-8-15(17(18)19)20-9-16(13)24-5/h6-10,17H,1H2,2-5H3/b12-6-,14-10+. The van der Waals surface area contributed by atoms with Crippen molar-refractivity contribution in [3.05, 3.63) is 53.7 Å². The number of pyridine rings is 1. The van der Waals surface area contributed by atoms with Crippen molar-refractivity contribution in [2.45, 2.75) is 6.43 Å². The van der Waals surface area contributed by atoms with Crippen molar-refractivity contribution in [1.29, 1.82) is 0 Å². The zero-order valence-electron chi connectivity index (χ0n) is 14.0. The fourth-order valence-electron chi connectivity index (χ4n) is 2.00. The third-order valence-corrected chi connectivity index (χ3v) is 3.08. The maximum absolute atomic E-state index is 13.0. The van der Waals surface area contributed by atoms with Crippen LogP contribution in [0.1, 0.15) is 17.7 Å². The highest BCUT2D eigenvalue weighted by Crippen LogP contribution is 2.35. The number of methoxy groups -OCH3 is 2.